The maximum Gasteiger partial charge on any atom is 0.309 e. The summed E-state index contributed by atoms with van der Waals surface area (Å²) in [5, 5.41) is 0.786. The van der Waals surface area contributed by atoms with Crippen LogP contribution in [0.5, 0.6) is 11.5 Å². The van der Waals surface area contributed by atoms with Crippen molar-refractivity contribution in [2.45, 2.75) is 12.2 Å². The van der Waals surface area contributed by atoms with E-state index < -0.39 is 11.6 Å². The van der Waals surface area contributed by atoms with Crippen LogP contribution < -0.4 is 15.2 Å². The first kappa shape index (κ1) is 18.1. The summed E-state index contributed by atoms with van der Waals surface area (Å²) in [6, 6.07) is 16.8. The van der Waals surface area contributed by atoms with Gasteiger partial charge in [-0.1, -0.05) is 41.4 Å². The number of rotatable bonds is 4. The van der Waals surface area contributed by atoms with E-state index in [2.05, 4.69) is 0 Å². The van der Waals surface area contributed by atoms with Gasteiger partial charge in [0, 0.05) is 5.02 Å². The summed E-state index contributed by atoms with van der Waals surface area (Å²) in [5.41, 5.74) is 7.34. The van der Waals surface area contributed by atoms with Crippen molar-refractivity contribution in [1.82, 2.24) is 0 Å². The highest BCUT2D eigenvalue weighted by molar-refractivity contribution is 6.35. The minimum absolute atomic E-state index is 0.228. The molecule has 0 radical (unpaired) electrons. The van der Waals surface area contributed by atoms with E-state index in [1.807, 2.05) is 12.1 Å². The SMILES string of the molecule is NCCc1ccc2c(c1)OC(c1ccccc1F)(c1ccc(Cl)cc1Cl)O2. The molecule has 6 heteroatoms. The number of hydrogen-bond acceptors (Lipinski definition) is 3. The second-order valence-corrected chi connectivity index (χ2v) is 7.09. The Kier molecular flexibility index (Phi) is 4.72. The second-order valence-electron chi connectivity index (χ2n) is 6.24. The molecule has 3 aromatic carbocycles. The molecule has 0 bridgehead atoms. The first-order valence-corrected chi connectivity index (χ1v) is 9.20. The van der Waals surface area contributed by atoms with E-state index in [0.717, 1.165) is 5.56 Å². The fourth-order valence-electron chi connectivity index (χ4n) is 3.22. The number of ether oxygens (including phenoxy) is 2. The Balaban J connectivity index is 1.90. The topological polar surface area (TPSA) is 44.5 Å². The Morgan fingerprint density at radius 3 is 2.41 bits per heavy atom. The largest absolute Gasteiger partial charge is 0.440 e. The Morgan fingerprint density at radius 1 is 0.889 bits per heavy atom. The lowest BCUT2D eigenvalue weighted by Gasteiger charge is -2.29. The number of nitrogens with two attached hydrogens (primary N) is 1. The highest BCUT2D eigenvalue weighted by atomic mass is 35.5. The Hall–Kier alpha value is -2.27. The summed E-state index contributed by atoms with van der Waals surface area (Å²) in [6.45, 7) is 0.515. The molecule has 3 nitrogen and oxygen atoms in total. The van der Waals surface area contributed by atoms with Gasteiger partial charge in [-0.05, 0) is 61.0 Å². The summed E-state index contributed by atoms with van der Waals surface area (Å²) in [6.07, 6.45) is 0.699. The highest BCUT2D eigenvalue weighted by Crippen LogP contribution is 2.50. The maximum absolute atomic E-state index is 14.8. The summed E-state index contributed by atoms with van der Waals surface area (Å²) in [5.74, 6) is -0.991. The van der Waals surface area contributed by atoms with E-state index in [4.69, 9.17) is 38.4 Å². The molecule has 3 aromatic rings. The molecular weight excluding hydrogens is 388 g/mol. The van der Waals surface area contributed by atoms with Crippen LogP contribution in [0, 0.1) is 5.82 Å². The Morgan fingerprint density at radius 2 is 1.67 bits per heavy atom. The van der Waals surface area contributed by atoms with Crippen LogP contribution in [0.2, 0.25) is 10.0 Å². The molecule has 138 valence electrons. The molecule has 1 atom stereocenters. The van der Waals surface area contributed by atoms with E-state index in [9.17, 15) is 4.39 Å². The number of hydrogen-bond donors (Lipinski definition) is 1. The predicted molar refractivity (Wildman–Crippen MR) is 104 cm³/mol. The fraction of sp³-hybridized carbons (Fsp3) is 0.143. The van der Waals surface area contributed by atoms with Gasteiger partial charge in [-0.2, -0.15) is 0 Å². The molecular formula is C21H16Cl2FNO2. The van der Waals surface area contributed by atoms with Gasteiger partial charge < -0.3 is 15.2 Å². The molecule has 0 aromatic heterocycles. The molecule has 0 aliphatic carbocycles. The van der Waals surface area contributed by atoms with Crippen LogP contribution in [-0.2, 0) is 12.2 Å². The first-order valence-electron chi connectivity index (χ1n) is 8.45. The second kappa shape index (κ2) is 7.04. The molecule has 1 aliphatic heterocycles. The van der Waals surface area contributed by atoms with Crippen molar-refractivity contribution < 1.29 is 13.9 Å². The van der Waals surface area contributed by atoms with Crippen molar-refractivity contribution in [2.24, 2.45) is 5.73 Å². The normalized spacial score (nSPS) is 17.9. The van der Waals surface area contributed by atoms with Gasteiger partial charge >= 0.3 is 5.79 Å². The van der Waals surface area contributed by atoms with Crippen molar-refractivity contribution >= 4 is 23.2 Å². The molecule has 0 fully saturated rings. The number of fused-ring (bicyclic) bond motifs is 1. The molecule has 0 amide bonds. The standard InChI is InChI=1S/C21H16Cl2FNO2/c22-14-6-7-15(17(23)12-14)21(16-3-1-2-4-18(16)24)26-19-8-5-13(9-10-25)11-20(19)27-21/h1-8,11-12H,9-10,25H2. The van der Waals surface area contributed by atoms with Gasteiger partial charge in [-0.3, -0.25) is 0 Å². The van der Waals surface area contributed by atoms with Crippen molar-refractivity contribution in [3.8, 4) is 11.5 Å². The van der Waals surface area contributed by atoms with Crippen LogP contribution in [0.4, 0.5) is 4.39 Å². The molecule has 2 N–H and O–H groups in total. The molecule has 1 aliphatic rings. The lowest BCUT2D eigenvalue weighted by molar-refractivity contribution is -0.0486. The third-order valence-corrected chi connectivity index (χ3v) is 5.01. The number of halogens is 3. The van der Waals surface area contributed by atoms with Gasteiger partial charge in [-0.25, -0.2) is 4.39 Å². The van der Waals surface area contributed by atoms with Gasteiger partial charge in [0.1, 0.15) is 5.82 Å². The van der Waals surface area contributed by atoms with Gasteiger partial charge in [0.15, 0.2) is 11.5 Å². The van der Waals surface area contributed by atoms with Crippen LogP contribution in [-0.4, -0.2) is 6.54 Å². The molecule has 0 saturated carbocycles. The highest BCUT2D eigenvalue weighted by Gasteiger charge is 2.48. The molecule has 1 unspecified atom stereocenters. The number of benzene rings is 3. The van der Waals surface area contributed by atoms with Crippen LogP contribution in [0.1, 0.15) is 16.7 Å². The zero-order valence-corrected chi connectivity index (χ0v) is 15.7. The summed E-state index contributed by atoms with van der Waals surface area (Å²) >= 11 is 12.5. The third kappa shape index (κ3) is 3.14. The molecule has 1 heterocycles. The van der Waals surface area contributed by atoms with E-state index in [0.29, 0.717) is 40.1 Å². The minimum atomic E-state index is -1.54. The van der Waals surface area contributed by atoms with E-state index in [1.165, 1.54) is 6.07 Å². The van der Waals surface area contributed by atoms with Crippen LogP contribution >= 0.6 is 23.2 Å². The molecule has 0 saturated heterocycles. The third-order valence-electron chi connectivity index (χ3n) is 4.46. The lowest BCUT2D eigenvalue weighted by atomic mass is 9.96. The average molecular weight is 404 g/mol. The summed E-state index contributed by atoms with van der Waals surface area (Å²) in [4.78, 5) is 0. The van der Waals surface area contributed by atoms with Gasteiger partial charge in [0.2, 0.25) is 0 Å². The summed E-state index contributed by atoms with van der Waals surface area (Å²) in [7, 11) is 0. The smallest absolute Gasteiger partial charge is 0.309 e. The Labute approximate surface area is 166 Å². The van der Waals surface area contributed by atoms with Crippen molar-refractivity contribution in [3.63, 3.8) is 0 Å². The van der Waals surface area contributed by atoms with Gasteiger partial charge in [-0.15, -0.1) is 0 Å². The van der Waals surface area contributed by atoms with Crippen molar-refractivity contribution in [1.29, 1.82) is 0 Å². The zero-order chi connectivity index (χ0) is 19.0. The van der Waals surface area contributed by atoms with Crippen LogP contribution in [0.25, 0.3) is 0 Å². The lowest BCUT2D eigenvalue weighted by Crippen LogP contribution is -2.38. The quantitative estimate of drug-likeness (QED) is 0.641. The first-order chi connectivity index (χ1) is 13.0. The van der Waals surface area contributed by atoms with Crippen molar-refractivity contribution in [3.05, 3.63) is 93.2 Å². The Bertz CT molecular complexity index is 1010. The van der Waals surface area contributed by atoms with E-state index in [-0.39, 0.29) is 5.56 Å². The van der Waals surface area contributed by atoms with Crippen LogP contribution in [0.3, 0.4) is 0 Å². The maximum atomic E-state index is 14.8. The van der Waals surface area contributed by atoms with Gasteiger partial charge in [0.25, 0.3) is 0 Å². The van der Waals surface area contributed by atoms with Crippen molar-refractivity contribution in [2.75, 3.05) is 6.54 Å². The monoisotopic (exact) mass is 403 g/mol. The molecule has 4 rings (SSSR count). The van der Waals surface area contributed by atoms with Crippen LogP contribution in [0.15, 0.2) is 60.7 Å². The van der Waals surface area contributed by atoms with Gasteiger partial charge in [0.05, 0.1) is 16.1 Å². The zero-order valence-electron chi connectivity index (χ0n) is 14.2. The predicted octanol–water partition coefficient (Wildman–Crippen LogP) is 5.31. The van der Waals surface area contributed by atoms with E-state index in [1.54, 1.807) is 42.5 Å². The van der Waals surface area contributed by atoms with E-state index >= 15 is 0 Å². The molecule has 27 heavy (non-hydrogen) atoms. The average Bonchev–Trinajstić information content (AvgIpc) is 3.01. The summed E-state index contributed by atoms with van der Waals surface area (Å²) < 4.78 is 27.2. The molecule has 0 spiro atoms. The minimum Gasteiger partial charge on any atom is -0.440 e. The fourth-order valence-corrected chi connectivity index (χ4v) is 3.75.